The smallest absolute Gasteiger partial charge is 0.307 e. The lowest BCUT2D eigenvalue weighted by Crippen LogP contribution is -2.45. The summed E-state index contributed by atoms with van der Waals surface area (Å²) in [7, 11) is 3.10. The Morgan fingerprint density at radius 3 is 2.29 bits per heavy atom. The number of hydrogen-bond acceptors (Lipinski definition) is 4. The van der Waals surface area contributed by atoms with E-state index in [0.29, 0.717) is 19.0 Å². The zero-order chi connectivity index (χ0) is 13.4. The average Bonchev–Trinajstić information content (AvgIpc) is 2.31. The van der Waals surface area contributed by atoms with Crippen molar-refractivity contribution in [3.8, 4) is 0 Å². The van der Waals surface area contributed by atoms with E-state index in [1.165, 1.54) is 7.11 Å². The fourth-order valence-corrected chi connectivity index (χ4v) is 1.46. The van der Waals surface area contributed by atoms with Crippen LogP contribution in [0.3, 0.4) is 0 Å². The molecule has 0 aliphatic rings. The van der Waals surface area contributed by atoms with Crippen LogP contribution in [0.4, 0.5) is 0 Å². The molecule has 100 valence electrons. The number of carbonyl (C=O) groups excluding carboxylic acids is 2. The molecule has 1 N–H and O–H groups in total. The standard InChI is InChI=1S/C12H24N2O3/c1-9(2)8-14(7-6-11(15)17-5)12(16)10(3)13-4/h9-10,13H,6-8H2,1-5H3. The molecule has 0 aliphatic carbocycles. The summed E-state index contributed by atoms with van der Waals surface area (Å²) in [4.78, 5) is 24.8. The van der Waals surface area contributed by atoms with Crippen molar-refractivity contribution < 1.29 is 14.3 Å². The van der Waals surface area contributed by atoms with Gasteiger partial charge in [0.2, 0.25) is 5.91 Å². The largest absolute Gasteiger partial charge is 0.469 e. The fourth-order valence-electron chi connectivity index (χ4n) is 1.46. The third-order valence-electron chi connectivity index (χ3n) is 2.51. The van der Waals surface area contributed by atoms with E-state index in [1.807, 2.05) is 20.8 Å². The first-order valence-corrected chi connectivity index (χ1v) is 5.95. The highest BCUT2D eigenvalue weighted by molar-refractivity contribution is 5.82. The molecule has 1 atom stereocenters. The van der Waals surface area contributed by atoms with E-state index in [-0.39, 0.29) is 24.3 Å². The number of rotatable bonds is 7. The van der Waals surface area contributed by atoms with Gasteiger partial charge in [0.25, 0.3) is 0 Å². The zero-order valence-electron chi connectivity index (χ0n) is 11.4. The predicted octanol–water partition coefficient (Wildman–Crippen LogP) is 0.642. The SMILES string of the molecule is CNC(C)C(=O)N(CCC(=O)OC)CC(C)C. The number of ether oxygens (including phenoxy) is 1. The van der Waals surface area contributed by atoms with Crippen LogP contribution in [-0.2, 0) is 14.3 Å². The third-order valence-corrected chi connectivity index (χ3v) is 2.51. The molecule has 0 spiro atoms. The van der Waals surface area contributed by atoms with Crippen LogP contribution in [-0.4, -0.2) is 50.1 Å². The van der Waals surface area contributed by atoms with Gasteiger partial charge in [0, 0.05) is 13.1 Å². The first-order valence-electron chi connectivity index (χ1n) is 5.95. The van der Waals surface area contributed by atoms with Gasteiger partial charge in [-0.15, -0.1) is 0 Å². The Hall–Kier alpha value is -1.10. The van der Waals surface area contributed by atoms with E-state index >= 15 is 0 Å². The summed E-state index contributed by atoms with van der Waals surface area (Å²) >= 11 is 0. The molecule has 0 radical (unpaired) electrons. The van der Waals surface area contributed by atoms with Crippen LogP contribution < -0.4 is 5.32 Å². The van der Waals surface area contributed by atoms with E-state index < -0.39 is 0 Å². The Morgan fingerprint density at radius 1 is 1.29 bits per heavy atom. The van der Waals surface area contributed by atoms with E-state index in [9.17, 15) is 9.59 Å². The maximum atomic E-state index is 12.0. The Bertz CT molecular complexity index is 254. The first-order chi connectivity index (χ1) is 7.92. The average molecular weight is 244 g/mol. The van der Waals surface area contributed by atoms with E-state index in [2.05, 4.69) is 10.1 Å². The maximum absolute atomic E-state index is 12.0. The predicted molar refractivity (Wildman–Crippen MR) is 66.6 cm³/mol. The highest BCUT2D eigenvalue weighted by atomic mass is 16.5. The molecule has 1 unspecified atom stereocenters. The second-order valence-electron chi connectivity index (χ2n) is 4.51. The summed E-state index contributed by atoms with van der Waals surface area (Å²) in [6.45, 7) is 6.97. The van der Waals surface area contributed by atoms with Crippen LogP contribution in [0.1, 0.15) is 27.2 Å². The van der Waals surface area contributed by atoms with Crippen LogP contribution in [0.25, 0.3) is 0 Å². The molecule has 0 bridgehead atoms. The van der Waals surface area contributed by atoms with Crippen molar-refractivity contribution in [2.75, 3.05) is 27.2 Å². The Balaban J connectivity index is 4.42. The molecule has 0 saturated heterocycles. The minimum Gasteiger partial charge on any atom is -0.469 e. The second kappa shape index (κ2) is 8.06. The van der Waals surface area contributed by atoms with Gasteiger partial charge < -0.3 is 15.0 Å². The Morgan fingerprint density at radius 2 is 1.88 bits per heavy atom. The van der Waals surface area contributed by atoms with Crippen LogP contribution in [0.5, 0.6) is 0 Å². The number of carbonyl (C=O) groups is 2. The van der Waals surface area contributed by atoms with Gasteiger partial charge in [-0.3, -0.25) is 9.59 Å². The van der Waals surface area contributed by atoms with Crippen LogP contribution >= 0.6 is 0 Å². The number of amides is 1. The molecule has 17 heavy (non-hydrogen) atoms. The lowest BCUT2D eigenvalue weighted by atomic mass is 10.1. The van der Waals surface area contributed by atoms with Crippen molar-refractivity contribution in [2.24, 2.45) is 5.92 Å². The monoisotopic (exact) mass is 244 g/mol. The number of hydrogen-bond donors (Lipinski definition) is 1. The molecule has 5 heteroatoms. The zero-order valence-corrected chi connectivity index (χ0v) is 11.4. The van der Waals surface area contributed by atoms with Gasteiger partial charge in [-0.2, -0.15) is 0 Å². The van der Waals surface area contributed by atoms with Crippen LogP contribution in [0, 0.1) is 5.92 Å². The third kappa shape index (κ3) is 6.26. The minimum absolute atomic E-state index is 0.0186. The van der Waals surface area contributed by atoms with Gasteiger partial charge in [-0.05, 0) is 19.9 Å². The lowest BCUT2D eigenvalue weighted by molar-refractivity contribution is -0.142. The van der Waals surface area contributed by atoms with E-state index in [4.69, 9.17) is 0 Å². The summed E-state index contributed by atoms with van der Waals surface area (Å²) in [6.07, 6.45) is 0.241. The second-order valence-corrected chi connectivity index (χ2v) is 4.51. The lowest BCUT2D eigenvalue weighted by Gasteiger charge is -2.27. The number of methoxy groups -OCH3 is 1. The molecule has 1 amide bonds. The molecular weight excluding hydrogens is 220 g/mol. The van der Waals surface area contributed by atoms with Crippen molar-refractivity contribution in [1.29, 1.82) is 0 Å². The van der Waals surface area contributed by atoms with Crippen molar-refractivity contribution in [3.63, 3.8) is 0 Å². The molecule has 0 aromatic heterocycles. The minimum atomic E-state index is -0.288. The number of nitrogens with one attached hydrogen (secondary N) is 1. The summed E-state index contributed by atoms with van der Waals surface area (Å²) in [5.74, 6) is 0.106. The van der Waals surface area contributed by atoms with Crippen molar-refractivity contribution in [2.45, 2.75) is 33.2 Å². The number of likely N-dealkylation sites (N-methyl/N-ethyl adjacent to an activating group) is 1. The van der Waals surface area contributed by atoms with Gasteiger partial charge in [0.1, 0.15) is 0 Å². The van der Waals surface area contributed by atoms with Crippen LogP contribution in [0.2, 0.25) is 0 Å². The molecule has 0 heterocycles. The first kappa shape index (κ1) is 15.9. The van der Waals surface area contributed by atoms with Crippen molar-refractivity contribution >= 4 is 11.9 Å². The van der Waals surface area contributed by atoms with Gasteiger partial charge in [-0.25, -0.2) is 0 Å². The molecule has 0 aliphatic heterocycles. The van der Waals surface area contributed by atoms with Crippen LogP contribution in [0.15, 0.2) is 0 Å². The Kier molecular flexibility index (Phi) is 7.54. The number of esters is 1. The van der Waals surface area contributed by atoms with E-state index in [0.717, 1.165) is 0 Å². The molecule has 5 nitrogen and oxygen atoms in total. The summed E-state index contributed by atoms with van der Waals surface area (Å²) in [5, 5.41) is 2.91. The molecule has 0 aromatic rings. The van der Waals surface area contributed by atoms with Gasteiger partial charge in [0.05, 0.1) is 19.6 Å². The highest BCUT2D eigenvalue weighted by Gasteiger charge is 2.20. The molecule has 0 rings (SSSR count). The number of nitrogens with zero attached hydrogens (tertiary/aromatic N) is 1. The maximum Gasteiger partial charge on any atom is 0.307 e. The molecular formula is C12H24N2O3. The summed E-state index contributed by atoms with van der Waals surface area (Å²) in [5.41, 5.74) is 0. The highest BCUT2D eigenvalue weighted by Crippen LogP contribution is 2.03. The summed E-state index contributed by atoms with van der Waals surface area (Å²) < 4.78 is 4.58. The summed E-state index contributed by atoms with van der Waals surface area (Å²) in [6, 6.07) is -0.230. The van der Waals surface area contributed by atoms with Crippen molar-refractivity contribution in [1.82, 2.24) is 10.2 Å². The van der Waals surface area contributed by atoms with Crippen molar-refractivity contribution in [3.05, 3.63) is 0 Å². The van der Waals surface area contributed by atoms with Gasteiger partial charge in [-0.1, -0.05) is 13.8 Å². The molecule has 0 fully saturated rings. The van der Waals surface area contributed by atoms with Gasteiger partial charge >= 0.3 is 5.97 Å². The quantitative estimate of drug-likeness (QED) is 0.668. The van der Waals surface area contributed by atoms with Gasteiger partial charge in [0.15, 0.2) is 0 Å². The normalized spacial score (nSPS) is 12.4. The van der Waals surface area contributed by atoms with E-state index in [1.54, 1.807) is 11.9 Å². The Labute approximate surface area is 103 Å². The molecule has 0 aromatic carbocycles. The topological polar surface area (TPSA) is 58.6 Å². The fraction of sp³-hybridized carbons (Fsp3) is 0.833. The molecule has 0 saturated carbocycles.